The van der Waals surface area contributed by atoms with Gasteiger partial charge in [-0.1, -0.05) is 19.8 Å². The number of hydrogen-bond donors (Lipinski definition) is 7. The zero-order valence-electron chi connectivity index (χ0n) is 40.9. The summed E-state index contributed by atoms with van der Waals surface area (Å²) in [4.78, 5) is 81.4. The minimum atomic E-state index is -4.46. The number of rotatable bonds is 37. The smallest absolute Gasteiger partial charge is 0.472 e. The predicted molar refractivity (Wildman–Crippen MR) is 263 cm³/mol. The highest BCUT2D eigenvalue weighted by molar-refractivity contribution is 7.81. The first-order valence-corrected chi connectivity index (χ1v) is 25.9. The highest BCUT2D eigenvalue weighted by Crippen LogP contribution is 2.51. The van der Waals surface area contributed by atoms with E-state index < -0.39 is 73.1 Å². The van der Waals surface area contributed by atoms with Gasteiger partial charge < -0.3 is 43.9 Å². The second-order valence-electron chi connectivity index (χ2n) is 19.8. The van der Waals surface area contributed by atoms with E-state index in [0.717, 1.165) is 55.4 Å². The van der Waals surface area contributed by atoms with Gasteiger partial charge in [0.2, 0.25) is 17.4 Å². The Morgan fingerprint density at radius 1 is 0.769 bits per heavy atom. The number of carboxylic acids is 1. The minimum Gasteiger partial charge on any atom is -0.481 e. The number of carboxylic acid groups (broad SMARTS) is 1. The van der Waals surface area contributed by atoms with Crippen LogP contribution < -0.4 is 10.6 Å². The van der Waals surface area contributed by atoms with Crippen molar-refractivity contribution in [1.29, 1.82) is 0 Å². The van der Waals surface area contributed by atoms with E-state index in [1.165, 1.54) is 27.7 Å². The lowest BCUT2D eigenvalue weighted by Gasteiger charge is -2.44. The maximum Gasteiger partial charge on any atom is 0.472 e. The van der Waals surface area contributed by atoms with Gasteiger partial charge in [-0.3, -0.25) is 33.0 Å². The number of likely N-dealkylation sites (N-methyl/N-ethyl adjacent to an activating group) is 1. The highest BCUT2D eigenvalue weighted by atomic mass is 32.1. The normalized spacial score (nSPS) is 17.1. The molecule has 0 fully saturated rings. The second-order valence-corrected chi connectivity index (χ2v) is 22.7. The van der Waals surface area contributed by atoms with Crippen molar-refractivity contribution in [1.82, 2.24) is 10.6 Å². The zero-order valence-corrected chi connectivity index (χ0v) is 44.5. The third-order valence-corrected chi connectivity index (χ3v) is 14.4. The highest BCUT2D eigenvalue weighted by Gasteiger charge is 2.61. The maximum absolute atomic E-state index is 14.6. The molecule has 378 valence electrons. The minimum absolute atomic E-state index is 0.0155. The Kier molecular flexibility index (Phi) is 28.8. The molecule has 4 N–H and O–H groups in total. The van der Waals surface area contributed by atoms with Crippen LogP contribution >= 0.6 is 45.7 Å². The van der Waals surface area contributed by atoms with Crippen molar-refractivity contribution in [2.75, 3.05) is 106 Å². The molecule has 0 saturated carbocycles. The number of aliphatic carboxylic acids is 1. The van der Waals surface area contributed by atoms with Crippen LogP contribution in [0, 0.1) is 22.8 Å². The van der Waals surface area contributed by atoms with E-state index >= 15 is 0 Å². The topological polar surface area (TPSA) is 208 Å². The van der Waals surface area contributed by atoms with Gasteiger partial charge in [-0.05, 0) is 65.0 Å². The Morgan fingerprint density at radius 3 is 1.94 bits per heavy atom. The number of unbranched alkanes of at least 4 members (excludes halogenated alkanes) is 2. The molecule has 0 rings (SSSR count). The predicted octanol–water partition coefficient (Wildman–Crippen LogP) is 5.86. The number of phosphoric acid groups is 1. The lowest BCUT2D eigenvalue weighted by molar-refractivity contribution is -0.890. The molecule has 17 nitrogen and oxygen atoms in total. The molecule has 0 aromatic carbocycles. The fourth-order valence-corrected chi connectivity index (χ4v) is 9.21. The largest absolute Gasteiger partial charge is 0.481 e. The van der Waals surface area contributed by atoms with Crippen LogP contribution in [0.5, 0.6) is 0 Å². The molecule has 0 radical (unpaired) electrons. The second kappa shape index (κ2) is 29.7. The average molecular weight is 1000 g/mol. The number of thiol groups is 3. The summed E-state index contributed by atoms with van der Waals surface area (Å²) in [7, 11) is 5.43. The van der Waals surface area contributed by atoms with Gasteiger partial charge in [0, 0.05) is 43.7 Å². The van der Waals surface area contributed by atoms with Crippen LogP contribution in [0.3, 0.4) is 0 Å². The van der Waals surface area contributed by atoms with Gasteiger partial charge in [0.1, 0.15) is 31.8 Å². The molecule has 0 aromatic heterocycles. The maximum atomic E-state index is 14.6. The fraction of sp³-hybridized carbons (Fsp3) is 0.864. The number of carbonyl (C=O) groups is 5. The quantitative estimate of drug-likeness (QED) is 0.00976. The number of nitrogens with zero attached hydrogens (tertiary/aromatic N) is 3. The van der Waals surface area contributed by atoms with Crippen LogP contribution in [0.15, 0.2) is 0 Å². The first kappa shape index (κ1) is 62.9. The number of phosphoric ester groups is 1. The number of ether oxygens (including phenoxy) is 2. The Hall–Kier alpha value is -2.08. The van der Waals surface area contributed by atoms with E-state index in [2.05, 4.69) is 74.4 Å². The number of amides is 2. The molecule has 6 atom stereocenters. The van der Waals surface area contributed by atoms with Gasteiger partial charge >= 0.3 is 25.7 Å². The van der Waals surface area contributed by atoms with Gasteiger partial charge in [0.05, 0.1) is 78.7 Å². The Morgan fingerprint density at radius 2 is 1.37 bits per heavy atom. The molecule has 6 unspecified atom stereocenters. The van der Waals surface area contributed by atoms with Crippen molar-refractivity contribution < 1.29 is 66.0 Å². The van der Waals surface area contributed by atoms with Crippen LogP contribution in [0.1, 0.15) is 112 Å². The summed E-state index contributed by atoms with van der Waals surface area (Å²) >= 11 is 13.2. The standard InChI is InChI=1S/C44H82N5O12PS3/c1-12-13-24-49(10,11)25-16-22-47-38(53)43(4,44(5,45-6)21-19-37(51)52)33-41(2,39(54)58-27-23-46-36(50)18-15-14-17-35(65)20-31-63)32-42(3,34-64)40(55)59-29-30-61-62(56,57)60-28-26-48(7,8)9/h35H,12-34H2,1-5,7-11H3,(H5-2,46,47,50,51,52,53,56,57,63,64,65)/p+2. The molecule has 0 aliphatic rings. The van der Waals surface area contributed by atoms with E-state index in [1.54, 1.807) is 0 Å². The molecule has 0 bridgehead atoms. The van der Waals surface area contributed by atoms with Gasteiger partial charge in [0.15, 0.2) is 0 Å². The van der Waals surface area contributed by atoms with Crippen molar-refractivity contribution >= 4 is 75.4 Å². The van der Waals surface area contributed by atoms with Crippen LogP contribution in [-0.2, 0) is 47.1 Å². The van der Waals surface area contributed by atoms with Gasteiger partial charge in [-0.2, -0.15) is 37.9 Å². The summed E-state index contributed by atoms with van der Waals surface area (Å²) in [5.74, 6) is -3.03. The van der Waals surface area contributed by atoms with Gasteiger partial charge in [-0.25, -0.2) is 11.1 Å². The van der Waals surface area contributed by atoms with Crippen LogP contribution in [0.25, 0.3) is 4.85 Å². The summed E-state index contributed by atoms with van der Waals surface area (Å²) in [5.41, 5.74) is -6.62. The van der Waals surface area contributed by atoms with Crippen LogP contribution in [-0.4, -0.2) is 165 Å². The fourth-order valence-electron chi connectivity index (χ4n) is 7.45. The van der Waals surface area contributed by atoms with E-state index in [4.69, 9.17) is 25.1 Å². The zero-order chi connectivity index (χ0) is 50.2. The summed E-state index contributed by atoms with van der Waals surface area (Å²) in [6.07, 6.45) is 4.85. The number of nitrogens with one attached hydrogen (secondary N) is 2. The molecule has 0 aromatic rings. The first-order chi connectivity index (χ1) is 30.0. The molecule has 0 aliphatic heterocycles. The summed E-state index contributed by atoms with van der Waals surface area (Å²) < 4.78 is 35.0. The third-order valence-electron chi connectivity index (χ3n) is 11.9. The molecule has 0 spiro atoms. The summed E-state index contributed by atoms with van der Waals surface area (Å²) in [6.45, 7) is 17.7. The van der Waals surface area contributed by atoms with Crippen LogP contribution in [0.2, 0.25) is 0 Å². The molecular formula is C44H84N5O12PS3+2. The lowest BCUT2D eigenvalue weighted by atomic mass is 9.58. The van der Waals surface area contributed by atoms with E-state index in [0.29, 0.717) is 23.9 Å². The molecule has 65 heavy (non-hydrogen) atoms. The molecular weight excluding hydrogens is 918 g/mol. The number of quaternary nitrogens is 2. The summed E-state index contributed by atoms with van der Waals surface area (Å²) in [6, 6.07) is 0. The van der Waals surface area contributed by atoms with E-state index in [1.807, 2.05) is 21.1 Å². The van der Waals surface area contributed by atoms with E-state index in [9.17, 15) is 38.5 Å². The van der Waals surface area contributed by atoms with Gasteiger partial charge in [0.25, 0.3) is 0 Å². The third kappa shape index (κ3) is 24.7. The lowest BCUT2D eigenvalue weighted by Crippen LogP contribution is -2.56. The number of esters is 2. The molecule has 21 heteroatoms. The van der Waals surface area contributed by atoms with Crippen molar-refractivity contribution in [3.05, 3.63) is 11.4 Å². The SMILES string of the molecule is [C-]#[N+]C(C)(CCC(=O)O)C(C)(CC(C)(CC(C)(CS)C(=O)OCCOP(=O)(O)OCC[N+](C)(C)C)C(=O)OCCNC(=O)CCCCC(S)CCS)C(=O)NCCC[N+](C)(C)CCCC. The Bertz CT molecular complexity index is 1600. The Balaban J connectivity index is 6.65. The van der Waals surface area contributed by atoms with Crippen molar-refractivity contribution in [3.8, 4) is 0 Å². The van der Waals surface area contributed by atoms with Crippen molar-refractivity contribution in [3.63, 3.8) is 0 Å². The summed E-state index contributed by atoms with van der Waals surface area (Å²) in [5, 5.41) is 15.7. The Labute approximate surface area is 406 Å². The average Bonchev–Trinajstić information content (AvgIpc) is 3.21. The monoisotopic (exact) mass is 1000 g/mol. The van der Waals surface area contributed by atoms with Gasteiger partial charge in [-0.15, -0.1) is 0 Å². The number of carbonyl (C=O) groups excluding carboxylic acids is 4. The molecule has 0 heterocycles. The van der Waals surface area contributed by atoms with Crippen molar-refractivity contribution in [2.45, 2.75) is 122 Å². The van der Waals surface area contributed by atoms with E-state index in [-0.39, 0.29) is 68.9 Å². The molecule has 0 saturated heterocycles. The first-order valence-electron chi connectivity index (χ1n) is 22.6. The number of hydrogen-bond acceptors (Lipinski definition) is 13. The van der Waals surface area contributed by atoms with Crippen molar-refractivity contribution in [2.24, 2.45) is 16.2 Å². The molecule has 2 amide bonds. The van der Waals surface area contributed by atoms with Crippen LogP contribution in [0.4, 0.5) is 0 Å². The molecule has 0 aliphatic carbocycles.